The van der Waals surface area contributed by atoms with Crippen molar-refractivity contribution in [2.24, 2.45) is 0 Å². The Morgan fingerprint density at radius 1 is 0.846 bits per heavy atom. The molecule has 0 aliphatic heterocycles. The van der Waals surface area contributed by atoms with Crippen LogP contribution in [-0.4, -0.2) is 5.91 Å². The van der Waals surface area contributed by atoms with Gasteiger partial charge in [-0.15, -0.1) is 0 Å². The zero-order valence-electron chi connectivity index (χ0n) is 15.6. The van der Waals surface area contributed by atoms with E-state index in [-0.39, 0.29) is 5.91 Å². The molecule has 1 N–H and O–H groups in total. The highest BCUT2D eigenvalue weighted by Crippen LogP contribution is 2.31. The van der Waals surface area contributed by atoms with E-state index in [2.05, 4.69) is 37.4 Å². The summed E-state index contributed by atoms with van der Waals surface area (Å²) in [7, 11) is 0. The van der Waals surface area contributed by atoms with Crippen LogP contribution in [0, 0.1) is 27.7 Å². The molecule has 3 heteroatoms. The second-order valence-corrected chi connectivity index (χ2v) is 7.71. The van der Waals surface area contributed by atoms with Gasteiger partial charge in [-0.3, -0.25) is 4.79 Å². The quantitative estimate of drug-likeness (QED) is 0.589. The van der Waals surface area contributed by atoms with Gasteiger partial charge in [0.05, 0.1) is 0 Å². The van der Waals surface area contributed by atoms with E-state index in [1.54, 1.807) is 11.8 Å². The summed E-state index contributed by atoms with van der Waals surface area (Å²) in [6.07, 6.45) is 0. The molecule has 0 radical (unpaired) electrons. The molecule has 0 fully saturated rings. The molecule has 0 aromatic heterocycles. The van der Waals surface area contributed by atoms with Crippen molar-refractivity contribution in [1.29, 1.82) is 0 Å². The third-order valence-corrected chi connectivity index (χ3v) is 5.70. The molecule has 3 rings (SSSR count). The maximum absolute atomic E-state index is 12.5. The van der Waals surface area contributed by atoms with E-state index < -0.39 is 0 Å². The number of carbonyl (C=O) groups is 1. The van der Waals surface area contributed by atoms with Gasteiger partial charge >= 0.3 is 0 Å². The molecule has 0 saturated heterocycles. The highest BCUT2D eigenvalue weighted by Gasteiger charge is 2.10. The van der Waals surface area contributed by atoms with E-state index >= 15 is 0 Å². The Kier molecular flexibility index (Phi) is 5.48. The number of hydrogen-bond acceptors (Lipinski definition) is 2. The van der Waals surface area contributed by atoms with Crippen LogP contribution in [0.1, 0.15) is 32.6 Å². The number of carbonyl (C=O) groups excluding carboxylic acids is 1. The molecule has 1 amide bonds. The zero-order valence-corrected chi connectivity index (χ0v) is 16.4. The first kappa shape index (κ1) is 18.3. The van der Waals surface area contributed by atoms with Gasteiger partial charge in [-0.2, -0.15) is 0 Å². The number of aryl methyl sites for hydroxylation is 3. The molecular weight excluding hydrogens is 338 g/mol. The summed E-state index contributed by atoms with van der Waals surface area (Å²) in [6, 6.07) is 20.3. The predicted octanol–water partition coefficient (Wildman–Crippen LogP) is 6.32. The Labute approximate surface area is 159 Å². The molecule has 0 heterocycles. The second-order valence-electron chi connectivity index (χ2n) is 6.60. The van der Waals surface area contributed by atoms with E-state index in [9.17, 15) is 4.79 Å². The lowest BCUT2D eigenvalue weighted by Crippen LogP contribution is -2.13. The third kappa shape index (κ3) is 4.17. The van der Waals surface area contributed by atoms with Crippen molar-refractivity contribution in [2.75, 3.05) is 5.32 Å². The van der Waals surface area contributed by atoms with Crippen LogP contribution >= 0.6 is 11.8 Å². The van der Waals surface area contributed by atoms with E-state index in [1.165, 1.54) is 16.0 Å². The van der Waals surface area contributed by atoms with Crippen LogP contribution in [0.4, 0.5) is 5.69 Å². The van der Waals surface area contributed by atoms with E-state index in [4.69, 9.17) is 0 Å². The average Bonchev–Trinajstić information content (AvgIpc) is 2.62. The highest BCUT2D eigenvalue weighted by molar-refractivity contribution is 7.99. The van der Waals surface area contributed by atoms with Gasteiger partial charge in [0, 0.05) is 21.0 Å². The fourth-order valence-corrected chi connectivity index (χ4v) is 3.75. The van der Waals surface area contributed by atoms with E-state index in [0.29, 0.717) is 0 Å². The van der Waals surface area contributed by atoms with Crippen LogP contribution in [-0.2, 0) is 0 Å². The minimum Gasteiger partial charge on any atom is -0.322 e. The summed E-state index contributed by atoms with van der Waals surface area (Å²) >= 11 is 1.74. The van der Waals surface area contributed by atoms with Crippen LogP contribution in [0.25, 0.3) is 0 Å². The largest absolute Gasteiger partial charge is 0.322 e. The van der Waals surface area contributed by atoms with Crippen LogP contribution in [0.3, 0.4) is 0 Å². The zero-order chi connectivity index (χ0) is 18.7. The summed E-state index contributed by atoms with van der Waals surface area (Å²) in [5, 5.41) is 2.99. The molecule has 0 aliphatic rings. The van der Waals surface area contributed by atoms with E-state index in [1.807, 2.05) is 56.3 Å². The van der Waals surface area contributed by atoms with Gasteiger partial charge in [0.1, 0.15) is 0 Å². The molecule has 26 heavy (non-hydrogen) atoms. The standard InChI is InChI=1S/C23H23NOS/c1-15-8-9-17(3)22(14-15)26-20-12-10-19(11-13-20)24-23(25)21-7-5-6-16(2)18(21)4/h5-14H,1-4H3,(H,24,25). The van der Waals surface area contributed by atoms with E-state index in [0.717, 1.165) is 27.3 Å². The molecule has 0 spiro atoms. The van der Waals surface area contributed by atoms with Crippen molar-refractivity contribution in [1.82, 2.24) is 0 Å². The maximum atomic E-state index is 12.5. The summed E-state index contributed by atoms with van der Waals surface area (Å²) in [4.78, 5) is 14.9. The molecule has 0 saturated carbocycles. The first-order chi connectivity index (χ1) is 12.4. The van der Waals surface area contributed by atoms with Crippen molar-refractivity contribution >= 4 is 23.4 Å². The van der Waals surface area contributed by atoms with Crippen LogP contribution in [0.2, 0.25) is 0 Å². The van der Waals surface area contributed by atoms with Crippen molar-refractivity contribution in [3.05, 3.63) is 88.5 Å². The van der Waals surface area contributed by atoms with Crippen molar-refractivity contribution in [2.45, 2.75) is 37.5 Å². The molecule has 0 aliphatic carbocycles. The van der Waals surface area contributed by atoms with Gasteiger partial charge in [0.2, 0.25) is 0 Å². The summed E-state index contributed by atoms with van der Waals surface area (Å²) in [5.74, 6) is -0.0684. The predicted molar refractivity (Wildman–Crippen MR) is 110 cm³/mol. The van der Waals surface area contributed by atoms with Gasteiger partial charge in [-0.1, -0.05) is 36.0 Å². The monoisotopic (exact) mass is 361 g/mol. The Morgan fingerprint density at radius 2 is 1.58 bits per heavy atom. The number of rotatable bonds is 4. The SMILES string of the molecule is Cc1ccc(C)c(Sc2ccc(NC(=O)c3cccc(C)c3C)cc2)c1. The fourth-order valence-electron chi connectivity index (χ4n) is 2.75. The van der Waals surface area contributed by atoms with Gasteiger partial charge < -0.3 is 5.32 Å². The molecule has 2 nitrogen and oxygen atoms in total. The van der Waals surface area contributed by atoms with Crippen molar-refractivity contribution < 1.29 is 4.79 Å². The second kappa shape index (κ2) is 7.79. The first-order valence-corrected chi connectivity index (χ1v) is 9.48. The van der Waals surface area contributed by atoms with Crippen molar-refractivity contribution in [3.8, 4) is 0 Å². The molecule has 3 aromatic rings. The number of anilines is 1. The average molecular weight is 362 g/mol. The topological polar surface area (TPSA) is 29.1 Å². The molecule has 0 bridgehead atoms. The van der Waals surface area contributed by atoms with Gasteiger partial charge in [0.15, 0.2) is 0 Å². The number of amides is 1. The molecule has 0 atom stereocenters. The third-order valence-electron chi connectivity index (χ3n) is 4.53. The number of benzene rings is 3. The van der Waals surface area contributed by atoms with Crippen molar-refractivity contribution in [3.63, 3.8) is 0 Å². The summed E-state index contributed by atoms with van der Waals surface area (Å²) in [6.45, 7) is 8.23. The molecule has 132 valence electrons. The smallest absolute Gasteiger partial charge is 0.255 e. The van der Waals surface area contributed by atoms with Crippen LogP contribution < -0.4 is 5.32 Å². The Hall–Kier alpha value is -2.52. The summed E-state index contributed by atoms with van der Waals surface area (Å²) < 4.78 is 0. The first-order valence-electron chi connectivity index (χ1n) is 8.67. The minimum absolute atomic E-state index is 0.0684. The van der Waals surface area contributed by atoms with Gasteiger partial charge in [-0.05, 0) is 86.3 Å². The number of nitrogens with one attached hydrogen (secondary N) is 1. The Balaban J connectivity index is 1.72. The fraction of sp³-hybridized carbons (Fsp3) is 0.174. The highest BCUT2D eigenvalue weighted by atomic mass is 32.2. The minimum atomic E-state index is -0.0684. The maximum Gasteiger partial charge on any atom is 0.255 e. The number of hydrogen-bond donors (Lipinski definition) is 1. The Morgan fingerprint density at radius 3 is 2.31 bits per heavy atom. The van der Waals surface area contributed by atoms with Gasteiger partial charge in [-0.25, -0.2) is 0 Å². The molecule has 3 aromatic carbocycles. The molecular formula is C23H23NOS. The lowest BCUT2D eigenvalue weighted by Gasteiger charge is -2.11. The van der Waals surface area contributed by atoms with Gasteiger partial charge in [0.25, 0.3) is 5.91 Å². The normalized spacial score (nSPS) is 10.6. The molecule has 0 unspecified atom stereocenters. The summed E-state index contributed by atoms with van der Waals surface area (Å²) in [5.41, 5.74) is 6.20. The lowest BCUT2D eigenvalue weighted by atomic mass is 10.0. The Bertz CT molecular complexity index is 945. The van der Waals surface area contributed by atoms with Crippen LogP contribution in [0.5, 0.6) is 0 Å². The lowest BCUT2D eigenvalue weighted by molar-refractivity contribution is 0.102. The van der Waals surface area contributed by atoms with Crippen LogP contribution in [0.15, 0.2) is 70.5 Å².